The number of benzene rings is 2. The van der Waals surface area contributed by atoms with Crippen LogP contribution in [0.15, 0.2) is 53.4 Å². The minimum Gasteiger partial charge on any atom is -0.477 e. The average Bonchev–Trinajstić information content (AvgIpc) is 2.54. The molecule has 0 spiro atoms. The molecule has 0 saturated carbocycles. The van der Waals surface area contributed by atoms with E-state index in [9.17, 15) is 4.79 Å². The monoisotopic (exact) mass is 298 g/mol. The summed E-state index contributed by atoms with van der Waals surface area (Å²) in [6, 6.07) is 16.3. The number of hydrogen-bond donors (Lipinski definition) is 1. The van der Waals surface area contributed by atoms with E-state index in [4.69, 9.17) is 10.00 Å². The maximum absolute atomic E-state index is 12.2. The van der Waals surface area contributed by atoms with Crippen LogP contribution in [0.4, 0.5) is 5.69 Å². The van der Waals surface area contributed by atoms with Crippen molar-refractivity contribution in [1.29, 1.82) is 5.26 Å². The third-order valence-corrected chi connectivity index (χ3v) is 3.52. The maximum atomic E-state index is 12.2. The Labute approximate surface area is 127 Å². The fourth-order valence-corrected chi connectivity index (χ4v) is 2.15. The SMILES string of the molecule is CSc1ccc(C(=O)Nc2ccccc2OCC#N)cc1. The first-order chi connectivity index (χ1) is 10.2. The number of nitriles is 1. The number of hydrogen-bond acceptors (Lipinski definition) is 4. The highest BCUT2D eigenvalue weighted by atomic mass is 32.2. The molecule has 0 unspecified atom stereocenters. The number of anilines is 1. The molecule has 0 heterocycles. The molecule has 2 rings (SSSR count). The summed E-state index contributed by atoms with van der Waals surface area (Å²) in [6.07, 6.45) is 1.98. The van der Waals surface area contributed by atoms with Crippen LogP contribution in [0.2, 0.25) is 0 Å². The van der Waals surface area contributed by atoms with E-state index in [1.54, 1.807) is 48.2 Å². The molecular weight excluding hydrogens is 284 g/mol. The fourth-order valence-electron chi connectivity index (χ4n) is 1.74. The van der Waals surface area contributed by atoms with Crippen molar-refractivity contribution in [3.05, 3.63) is 54.1 Å². The zero-order chi connectivity index (χ0) is 15.1. The summed E-state index contributed by atoms with van der Waals surface area (Å²) in [5, 5.41) is 11.4. The van der Waals surface area contributed by atoms with Crippen molar-refractivity contribution in [3.8, 4) is 11.8 Å². The van der Waals surface area contributed by atoms with Crippen LogP contribution in [0.5, 0.6) is 5.75 Å². The van der Waals surface area contributed by atoms with E-state index in [-0.39, 0.29) is 12.5 Å². The molecule has 1 N–H and O–H groups in total. The Balaban J connectivity index is 2.13. The summed E-state index contributed by atoms with van der Waals surface area (Å²) < 4.78 is 5.28. The van der Waals surface area contributed by atoms with Gasteiger partial charge in [0.2, 0.25) is 0 Å². The number of carbonyl (C=O) groups excluding carboxylic acids is 1. The number of rotatable bonds is 5. The van der Waals surface area contributed by atoms with Gasteiger partial charge >= 0.3 is 0 Å². The summed E-state index contributed by atoms with van der Waals surface area (Å²) in [6.45, 7) is -0.0602. The minimum absolute atomic E-state index is 0.0602. The van der Waals surface area contributed by atoms with Crippen LogP contribution < -0.4 is 10.1 Å². The predicted molar refractivity (Wildman–Crippen MR) is 83.7 cm³/mol. The molecular formula is C16H14N2O2S. The van der Waals surface area contributed by atoms with Crippen LogP contribution in [0.1, 0.15) is 10.4 Å². The summed E-state index contributed by atoms with van der Waals surface area (Å²) in [4.78, 5) is 13.3. The van der Waals surface area contributed by atoms with E-state index in [2.05, 4.69) is 5.32 Å². The van der Waals surface area contributed by atoms with E-state index < -0.39 is 0 Å². The first-order valence-electron chi connectivity index (χ1n) is 6.29. The van der Waals surface area contributed by atoms with Gasteiger partial charge in [-0.3, -0.25) is 4.79 Å². The van der Waals surface area contributed by atoms with Crippen molar-refractivity contribution in [2.45, 2.75) is 4.90 Å². The normalized spacial score (nSPS) is 9.71. The van der Waals surface area contributed by atoms with Crippen LogP contribution in [0.3, 0.4) is 0 Å². The van der Waals surface area contributed by atoms with Gasteiger partial charge in [-0.15, -0.1) is 11.8 Å². The van der Waals surface area contributed by atoms with E-state index in [0.29, 0.717) is 17.0 Å². The summed E-state index contributed by atoms with van der Waals surface area (Å²) in [7, 11) is 0. The highest BCUT2D eigenvalue weighted by Gasteiger charge is 2.09. The molecule has 0 saturated heterocycles. The average molecular weight is 298 g/mol. The van der Waals surface area contributed by atoms with E-state index >= 15 is 0 Å². The van der Waals surface area contributed by atoms with Gasteiger partial charge in [0, 0.05) is 10.5 Å². The van der Waals surface area contributed by atoms with E-state index in [1.807, 2.05) is 24.5 Å². The molecule has 4 nitrogen and oxygen atoms in total. The van der Waals surface area contributed by atoms with Crippen LogP contribution in [-0.4, -0.2) is 18.8 Å². The third-order valence-electron chi connectivity index (χ3n) is 2.78. The molecule has 0 aliphatic heterocycles. The van der Waals surface area contributed by atoms with Crippen molar-refractivity contribution in [2.24, 2.45) is 0 Å². The van der Waals surface area contributed by atoms with Gasteiger partial charge in [0.1, 0.15) is 11.8 Å². The first kappa shape index (κ1) is 14.9. The molecule has 0 aromatic heterocycles. The smallest absolute Gasteiger partial charge is 0.255 e. The minimum atomic E-state index is -0.212. The van der Waals surface area contributed by atoms with Crippen molar-refractivity contribution in [1.82, 2.24) is 0 Å². The number of nitrogens with zero attached hydrogens (tertiary/aromatic N) is 1. The Kier molecular flexibility index (Phi) is 5.24. The van der Waals surface area contributed by atoms with Gasteiger partial charge in [0.15, 0.2) is 6.61 Å². The summed E-state index contributed by atoms with van der Waals surface area (Å²) in [5.41, 5.74) is 1.12. The molecule has 0 fully saturated rings. The van der Waals surface area contributed by atoms with Gasteiger partial charge in [-0.05, 0) is 42.7 Å². The van der Waals surface area contributed by atoms with E-state index in [1.165, 1.54) is 0 Å². The molecule has 1 amide bonds. The van der Waals surface area contributed by atoms with Crippen LogP contribution in [0.25, 0.3) is 0 Å². The Morgan fingerprint density at radius 1 is 1.24 bits per heavy atom. The Morgan fingerprint density at radius 3 is 2.62 bits per heavy atom. The Hall–Kier alpha value is -2.45. The number of ether oxygens (including phenoxy) is 1. The second-order valence-corrected chi connectivity index (χ2v) is 5.01. The summed E-state index contributed by atoms with van der Waals surface area (Å²) >= 11 is 1.62. The molecule has 21 heavy (non-hydrogen) atoms. The zero-order valence-corrected chi connectivity index (χ0v) is 12.3. The molecule has 0 atom stereocenters. The molecule has 0 aliphatic rings. The highest BCUT2D eigenvalue weighted by Crippen LogP contribution is 2.24. The number of carbonyl (C=O) groups is 1. The van der Waals surface area contributed by atoms with Crippen molar-refractivity contribution < 1.29 is 9.53 Å². The zero-order valence-electron chi connectivity index (χ0n) is 11.5. The maximum Gasteiger partial charge on any atom is 0.255 e. The lowest BCUT2D eigenvalue weighted by Crippen LogP contribution is -2.12. The highest BCUT2D eigenvalue weighted by molar-refractivity contribution is 7.98. The standard InChI is InChI=1S/C16H14N2O2S/c1-21-13-8-6-12(7-9-13)16(19)18-14-4-2-3-5-15(14)20-11-10-17/h2-9H,11H2,1H3,(H,18,19). The second-order valence-electron chi connectivity index (χ2n) is 4.13. The lowest BCUT2D eigenvalue weighted by molar-refractivity contribution is 0.102. The van der Waals surface area contributed by atoms with Gasteiger partial charge in [0.25, 0.3) is 5.91 Å². The quantitative estimate of drug-likeness (QED) is 0.857. The van der Waals surface area contributed by atoms with Crippen LogP contribution >= 0.6 is 11.8 Å². The fraction of sp³-hybridized carbons (Fsp3) is 0.125. The van der Waals surface area contributed by atoms with Gasteiger partial charge in [0.05, 0.1) is 5.69 Å². The van der Waals surface area contributed by atoms with Crippen LogP contribution in [-0.2, 0) is 0 Å². The number of amides is 1. The number of thioether (sulfide) groups is 1. The van der Waals surface area contributed by atoms with Crippen molar-refractivity contribution in [2.75, 3.05) is 18.2 Å². The lowest BCUT2D eigenvalue weighted by Gasteiger charge is -2.10. The molecule has 2 aromatic carbocycles. The predicted octanol–water partition coefficient (Wildman–Crippen LogP) is 3.56. The van der Waals surface area contributed by atoms with Crippen LogP contribution in [0, 0.1) is 11.3 Å². The number of nitrogens with one attached hydrogen (secondary N) is 1. The molecule has 106 valence electrons. The molecule has 0 radical (unpaired) electrons. The number of para-hydroxylation sites is 2. The molecule has 2 aromatic rings. The molecule has 5 heteroatoms. The van der Waals surface area contributed by atoms with Gasteiger partial charge in [-0.25, -0.2) is 0 Å². The van der Waals surface area contributed by atoms with Gasteiger partial charge in [-0.2, -0.15) is 5.26 Å². The largest absolute Gasteiger partial charge is 0.477 e. The topological polar surface area (TPSA) is 62.1 Å². The first-order valence-corrected chi connectivity index (χ1v) is 7.51. The summed E-state index contributed by atoms with van der Waals surface area (Å²) in [5.74, 6) is 0.267. The van der Waals surface area contributed by atoms with E-state index in [0.717, 1.165) is 4.90 Å². The van der Waals surface area contributed by atoms with Crippen molar-refractivity contribution >= 4 is 23.4 Å². The Bertz CT molecular complexity index is 663. The molecule has 0 aliphatic carbocycles. The van der Waals surface area contributed by atoms with Gasteiger partial charge < -0.3 is 10.1 Å². The van der Waals surface area contributed by atoms with Gasteiger partial charge in [-0.1, -0.05) is 12.1 Å². The van der Waals surface area contributed by atoms with Crippen molar-refractivity contribution in [3.63, 3.8) is 0 Å². The lowest BCUT2D eigenvalue weighted by atomic mass is 10.2. The molecule has 0 bridgehead atoms. The second kappa shape index (κ2) is 7.36. The Morgan fingerprint density at radius 2 is 1.95 bits per heavy atom. The third kappa shape index (κ3) is 4.01.